The highest BCUT2D eigenvalue weighted by Crippen LogP contribution is 2.36. The molecule has 174 valence electrons. The zero-order valence-corrected chi connectivity index (χ0v) is 18.9. The average Bonchev–Trinajstić information content (AvgIpc) is 2.86. The maximum absolute atomic E-state index is 15.5. The van der Waals surface area contributed by atoms with Crippen molar-refractivity contribution in [3.05, 3.63) is 58.9 Å². The number of pyridine rings is 1. The number of amides is 1. The number of piperidine rings is 1. The maximum atomic E-state index is 15.5. The number of carbonyl (C=O) groups excluding carboxylic acids is 1. The van der Waals surface area contributed by atoms with E-state index < -0.39 is 5.67 Å². The van der Waals surface area contributed by atoms with Gasteiger partial charge in [-0.2, -0.15) is 5.26 Å². The Hall–Kier alpha value is -3.02. The molecule has 0 atom stereocenters. The zero-order chi connectivity index (χ0) is 23.3. The Balaban J connectivity index is 1.35. The fourth-order valence-electron chi connectivity index (χ4n) is 4.37. The molecule has 1 amide bonds. The first-order valence-corrected chi connectivity index (χ1v) is 11.5. The topological polar surface area (TPSA) is 90.3 Å². The van der Waals surface area contributed by atoms with Gasteiger partial charge in [0.15, 0.2) is 5.67 Å². The molecule has 7 nitrogen and oxygen atoms in total. The molecule has 0 unspecified atom stereocenters. The lowest BCUT2D eigenvalue weighted by Crippen LogP contribution is -2.43. The van der Waals surface area contributed by atoms with Gasteiger partial charge in [0, 0.05) is 62.6 Å². The molecule has 2 fully saturated rings. The van der Waals surface area contributed by atoms with E-state index in [0.717, 1.165) is 37.3 Å². The van der Waals surface area contributed by atoms with Crippen molar-refractivity contribution in [3.8, 4) is 6.07 Å². The van der Waals surface area contributed by atoms with E-state index in [-0.39, 0.29) is 18.7 Å². The predicted molar refractivity (Wildman–Crippen MR) is 124 cm³/mol. The van der Waals surface area contributed by atoms with Crippen molar-refractivity contribution in [2.75, 3.05) is 38.3 Å². The number of rotatable bonds is 6. The minimum Gasteiger partial charge on any atom is -0.381 e. The lowest BCUT2D eigenvalue weighted by molar-refractivity contribution is 0.0402. The summed E-state index contributed by atoms with van der Waals surface area (Å²) < 4.78 is 20.9. The molecule has 4 rings (SSSR count). The Morgan fingerprint density at radius 1 is 1.27 bits per heavy atom. The van der Waals surface area contributed by atoms with Gasteiger partial charge >= 0.3 is 0 Å². The first kappa shape index (κ1) is 23.1. The lowest BCUT2D eigenvalue weighted by atomic mass is 9.89. The maximum Gasteiger partial charge on any atom is 0.253 e. The molecule has 2 aliphatic rings. The number of anilines is 1. The van der Waals surface area contributed by atoms with E-state index in [2.05, 4.69) is 15.6 Å². The summed E-state index contributed by atoms with van der Waals surface area (Å²) >= 11 is 0. The van der Waals surface area contributed by atoms with Crippen LogP contribution in [0.3, 0.4) is 0 Å². The average molecular weight is 452 g/mol. The van der Waals surface area contributed by atoms with Crippen molar-refractivity contribution in [2.24, 2.45) is 0 Å². The normalized spacial score (nSPS) is 18.5. The minimum atomic E-state index is -1.58. The molecular weight excluding hydrogens is 421 g/mol. The van der Waals surface area contributed by atoms with E-state index >= 15 is 4.39 Å². The van der Waals surface area contributed by atoms with Gasteiger partial charge in [-0.05, 0) is 49.6 Å². The Morgan fingerprint density at radius 3 is 2.70 bits per heavy atom. The third kappa shape index (κ3) is 5.49. The predicted octanol–water partition coefficient (Wildman–Crippen LogP) is 3.50. The van der Waals surface area contributed by atoms with E-state index in [1.54, 1.807) is 17.0 Å². The lowest BCUT2D eigenvalue weighted by Gasteiger charge is -2.36. The van der Waals surface area contributed by atoms with Gasteiger partial charge in [-0.1, -0.05) is 6.07 Å². The number of hydrogen-bond donors (Lipinski definition) is 2. The largest absolute Gasteiger partial charge is 0.381 e. The van der Waals surface area contributed by atoms with E-state index in [1.807, 2.05) is 31.2 Å². The van der Waals surface area contributed by atoms with Crippen molar-refractivity contribution in [1.82, 2.24) is 15.2 Å². The van der Waals surface area contributed by atoms with Crippen molar-refractivity contribution < 1.29 is 13.9 Å². The molecule has 1 aromatic heterocycles. The summed E-state index contributed by atoms with van der Waals surface area (Å²) in [5.74, 6) is -0.0923. The van der Waals surface area contributed by atoms with Gasteiger partial charge in [0.1, 0.15) is 6.07 Å². The van der Waals surface area contributed by atoms with Gasteiger partial charge in [0.05, 0.1) is 17.9 Å². The quantitative estimate of drug-likeness (QED) is 0.654. The standard InChI is InChI=1S/C25H30FN5O2/c1-18-2-4-20(14-22(18)30-17-29-21-6-12-33-13-7-21)24(32)31-10-8-25(26,9-11-31)23-5-3-19(15-27)16-28-23/h2-5,14,16,21,29-30H,6-13,17H2,1H3. The van der Waals surface area contributed by atoms with Crippen LogP contribution < -0.4 is 10.6 Å². The molecule has 0 spiro atoms. The van der Waals surface area contributed by atoms with Crippen molar-refractivity contribution in [2.45, 2.75) is 44.3 Å². The van der Waals surface area contributed by atoms with Crippen LogP contribution >= 0.6 is 0 Å². The second-order valence-electron chi connectivity index (χ2n) is 8.78. The minimum absolute atomic E-state index is 0.0923. The van der Waals surface area contributed by atoms with Crippen molar-refractivity contribution in [1.29, 1.82) is 5.26 Å². The first-order valence-electron chi connectivity index (χ1n) is 11.5. The molecule has 2 aromatic rings. The van der Waals surface area contributed by atoms with Gasteiger partial charge in [-0.3, -0.25) is 15.1 Å². The monoisotopic (exact) mass is 451 g/mol. The molecule has 0 saturated carbocycles. The summed E-state index contributed by atoms with van der Waals surface area (Å²) in [5, 5.41) is 15.8. The van der Waals surface area contributed by atoms with Gasteiger partial charge in [0.25, 0.3) is 5.91 Å². The summed E-state index contributed by atoms with van der Waals surface area (Å²) in [5.41, 5.74) is 1.72. The second-order valence-corrected chi connectivity index (χ2v) is 8.78. The number of ether oxygens (including phenoxy) is 1. The number of nitrogens with zero attached hydrogens (tertiary/aromatic N) is 3. The van der Waals surface area contributed by atoms with E-state index in [1.165, 1.54) is 6.20 Å². The number of carbonyl (C=O) groups is 1. The van der Waals surface area contributed by atoms with E-state index in [4.69, 9.17) is 10.00 Å². The van der Waals surface area contributed by atoms with Crippen LogP contribution in [-0.2, 0) is 10.4 Å². The summed E-state index contributed by atoms with van der Waals surface area (Å²) in [6.07, 6.45) is 3.77. The molecule has 0 bridgehead atoms. The van der Waals surface area contributed by atoms with E-state index in [0.29, 0.717) is 42.6 Å². The summed E-state index contributed by atoms with van der Waals surface area (Å²) in [6.45, 7) is 4.84. The van der Waals surface area contributed by atoms with Crippen LogP contribution in [-0.4, -0.2) is 54.8 Å². The summed E-state index contributed by atoms with van der Waals surface area (Å²) in [4.78, 5) is 18.9. The fraction of sp³-hybridized carbons (Fsp3) is 0.480. The van der Waals surface area contributed by atoms with Crippen LogP contribution in [0.25, 0.3) is 0 Å². The van der Waals surface area contributed by atoms with Crippen LogP contribution in [0.15, 0.2) is 36.5 Å². The second kappa shape index (κ2) is 10.3. The number of nitrogens with one attached hydrogen (secondary N) is 2. The SMILES string of the molecule is Cc1ccc(C(=O)N2CCC(F)(c3ccc(C#N)cn3)CC2)cc1NCNC1CCOCC1. The number of aromatic nitrogens is 1. The van der Waals surface area contributed by atoms with Gasteiger partial charge in [-0.25, -0.2) is 4.39 Å². The zero-order valence-electron chi connectivity index (χ0n) is 18.9. The number of aryl methyl sites for hydroxylation is 1. The molecule has 2 aliphatic heterocycles. The highest BCUT2D eigenvalue weighted by Gasteiger charge is 2.39. The Kier molecular flexibility index (Phi) is 7.21. The van der Waals surface area contributed by atoms with E-state index in [9.17, 15) is 4.79 Å². The van der Waals surface area contributed by atoms with Crippen LogP contribution in [0.5, 0.6) is 0 Å². The summed E-state index contributed by atoms with van der Waals surface area (Å²) in [6, 6.07) is 11.2. The third-order valence-electron chi connectivity index (χ3n) is 6.57. The van der Waals surface area contributed by atoms with Crippen molar-refractivity contribution >= 4 is 11.6 Å². The van der Waals surface area contributed by atoms with Crippen LogP contribution in [0.4, 0.5) is 10.1 Å². The molecule has 3 heterocycles. The number of alkyl halides is 1. The third-order valence-corrected chi connectivity index (χ3v) is 6.57. The highest BCUT2D eigenvalue weighted by atomic mass is 19.1. The molecule has 2 N–H and O–H groups in total. The Bertz CT molecular complexity index is 1010. The number of halogens is 1. The molecule has 8 heteroatoms. The number of likely N-dealkylation sites (tertiary alicyclic amines) is 1. The Morgan fingerprint density at radius 2 is 2.03 bits per heavy atom. The number of benzene rings is 1. The van der Waals surface area contributed by atoms with Gasteiger partial charge in [-0.15, -0.1) is 0 Å². The van der Waals surface area contributed by atoms with Crippen molar-refractivity contribution in [3.63, 3.8) is 0 Å². The highest BCUT2D eigenvalue weighted by molar-refractivity contribution is 5.95. The smallest absolute Gasteiger partial charge is 0.253 e. The molecular formula is C25H30FN5O2. The fourth-order valence-corrected chi connectivity index (χ4v) is 4.37. The summed E-state index contributed by atoms with van der Waals surface area (Å²) in [7, 11) is 0. The molecule has 0 radical (unpaired) electrons. The molecule has 0 aliphatic carbocycles. The van der Waals surface area contributed by atoms with Crippen LogP contribution in [0, 0.1) is 18.3 Å². The first-order chi connectivity index (χ1) is 16.0. The van der Waals surface area contributed by atoms with Crippen LogP contribution in [0.1, 0.15) is 52.9 Å². The Labute approximate surface area is 193 Å². The molecule has 1 aromatic carbocycles. The van der Waals surface area contributed by atoms with Crippen LogP contribution in [0.2, 0.25) is 0 Å². The van der Waals surface area contributed by atoms with Gasteiger partial charge in [0.2, 0.25) is 0 Å². The molecule has 33 heavy (non-hydrogen) atoms. The molecule has 2 saturated heterocycles. The van der Waals surface area contributed by atoms with Gasteiger partial charge < -0.3 is 15.0 Å². The number of hydrogen-bond acceptors (Lipinski definition) is 6. The number of nitriles is 1.